The number of hydrogen-bond donors (Lipinski definition) is 1. The van der Waals surface area contributed by atoms with Crippen LogP contribution in [0.3, 0.4) is 0 Å². The number of carbonyl (C=O) groups excluding carboxylic acids is 1. The lowest BCUT2D eigenvalue weighted by molar-refractivity contribution is -0.384. The number of nitro benzene ring substituents is 1. The summed E-state index contributed by atoms with van der Waals surface area (Å²) in [7, 11) is 1.33. The van der Waals surface area contributed by atoms with E-state index in [2.05, 4.69) is 15.9 Å². The Bertz CT molecular complexity index is 447. The Labute approximate surface area is 99.7 Å². The van der Waals surface area contributed by atoms with Crippen LogP contribution in [0, 0.1) is 10.1 Å². The van der Waals surface area contributed by atoms with Gasteiger partial charge in [0.25, 0.3) is 0 Å². The summed E-state index contributed by atoms with van der Waals surface area (Å²) in [5.41, 5.74) is 4.89. The van der Waals surface area contributed by atoms with E-state index in [-0.39, 0.29) is 22.3 Å². The van der Waals surface area contributed by atoms with Crippen molar-refractivity contribution < 1.29 is 14.5 Å². The minimum atomic E-state index is -0.687. The van der Waals surface area contributed by atoms with Crippen molar-refractivity contribution in [2.45, 2.75) is 0 Å². The SMILES string of the molecule is COc1ccc(N)c([N+](=O)[O-])c1C(=O)CBr. The molecule has 0 atom stereocenters. The van der Waals surface area contributed by atoms with Gasteiger partial charge in [0.05, 0.1) is 17.4 Å². The molecule has 0 spiro atoms. The van der Waals surface area contributed by atoms with Gasteiger partial charge in [-0.15, -0.1) is 0 Å². The summed E-state index contributed by atoms with van der Waals surface area (Å²) in [6.07, 6.45) is 0. The molecule has 0 amide bonds. The molecule has 0 saturated heterocycles. The van der Waals surface area contributed by atoms with Gasteiger partial charge >= 0.3 is 5.69 Å². The molecule has 16 heavy (non-hydrogen) atoms. The molecule has 1 aromatic rings. The molecule has 0 aliphatic rings. The van der Waals surface area contributed by atoms with Crippen LogP contribution >= 0.6 is 15.9 Å². The fourth-order valence-corrected chi connectivity index (χ4v) is 1.57. The summed E-state index contributed by atoms with van der Waals surface area (Å²) in [5.74, 6) is -0.304. The first kappa shape index (κ1) is 12.4. The molecule has 0 aliphatic carbocycles. The van der Waals surface area contributed by atoms with Crippen LogP contribution in [0.2, 0.25) is 0 Å². The lowest BCUT2D eigenvalue weighted by atomic mass is 10.1. The molecule has 86 valence electrons. The second-order valence-corrected chi connectivity index (χ2v) is 3.46. The summed E-state index contributed by atoms with van der Waals surface area (Å²) in [6.45, 7) is 0. The summed E-state index contributed by atoms with van der Waals surface area (Å²) >= 11 is 2.95. The van der Waals surface area contributed by atoms with E-state index < -0.39 is 16.4 Å². The maximum Gasteiger partial charge on any atom is 0.306 e. The number of nitrogens with two attached hydrogens (primary N) is 1. The fourth-order valence-electron chi connectivity index (χ4n) is 1.29. The molecule has 0 unspecified atom stereocenters. The number of ether oxygens (including phenoxy) is 1. The van der Waals surface area contributed by atoms with Crippen LogP contribution in [0.4, 0.5) is 11.4 Å². The summed E-state index contributed by atoms with van der Waals surface area (Å²) < 4.78 is 4.91. The van der Waals surface area contributed by atoms with Gasteiger partial charge < -0.3 is 10.5 Å². The average Bonchev–Trinajstić information content (AvgIpc) is 2.27. The predicted molar refractivity (Wildman–Crippen MR) is 62.2 cm³/mol. The number of nitrogen functional groups attached to an aromatic ring is 1. The number of nitro groups is 1. The highest BCUT2D eigenvalue weighted by Gasteiger charge is 2.27. The topological polar surface area (TPSA) is 95.5 Å². The standard InChI is InChI=1S/C9H9BrN2O4/c1-16-7-3-2-5(11)9(12(14)15)8(7)6(13)4-10/h2-3H,4,11H2,1H3. The van der Waals surface area contributed by atoms with Crippen LogP contribution in [0.25, 0.3) is 0 Å². The number of halogens is 1. The zero-order valence-electron chi connectivity index (χ0n) is 8.40. The molecule has 0 aliphatic heterocycles. The molecule has 0 aromatic heterocycles. The van der Waals surface area contributed by atoms with E-state index in [1.165, 1.54) is 19.2 Å². The van der Waals surface area contributed by atoms with E-state index in [4.69, 9.17) is 10.5 Å². The lowest BCUT2D eigenvalue weighted by Crippen LogP contribution is -2.09. The van der Waals surface area contributed by atoms with Crippen LogP contribution in [0.1, 0.15) is 10.4 Å². The summed E-state index contributed by atoms with van der Waals surface area (Å²) in [4.78, 5) is 21.7. The number of methoxy groups -OCH3 is 1. The lowest BCUT2D eigenvalue weighted by Gasteiger charge is -2.08. The number of Topliss-reactive ketones (excluding diaryl/α,β-unsaturated/α-hetero) is 1. The monoisotopic (exact) mass is 288 g/mol. The van der Waals surface area contributed by atoms with Crippen molar-refractivity contribution in [2.75, 3.05) is 18.2 Å². The Morgan fingerprint density at radius 1 is 1.62 bits per heavy atom. The Morgan fingerprint density at radius 2 is 2.25 bits per heavy atom. The molecular weight excluding hydrogens is 280 g/mol. The zero-order chi connectivity index (χ0) is 12.3. The van der Waals surface area contributed by atoms with Crippen molar-refractivity contribution in [3.63, 3.8) is 0 Å². The number of alkyl halides is 1. The summed E-state index contributed by atoms with van der Waals surface area (Å²) in [5, 5.41) is 10.8. The van der Waals surface area contributed by atoms with Crippen LogP contribution in [0.5, 0.6) is 5.75 Å². The Hall–Kier alpha value is -1.63. The third kappa shape index (κ3) is 2.13. The third-order valence-electron chi connectivity index (χ3n) is 1.97. The van der Waals surface area contributed by atoms with Gasteiger partial charge in [0.2, 0.25) is 0 Å². The van der Waals surface area contributed by atoms with E-state index in [9.17, 15) is 14.9 Å². The van der Waals surface area contributed by atoms with Crippen LogP contribution in [0.15, 0.2) is 12.1 Å². The van der Waals surface area contributed by atoms with Gasteiger partial charge in [0.15, 0.2) is 5.78 Å². The van der Waals surface area contributed by atoms with E-state index in [0.717, 1.165) is 0 Å². The first-order valence-electron chi connectivity index (χ1n) is 4.23. The van der Waals surface area contributed by atoms with Crippen LogP contribution < -0.4 is 10.5 Å². The van der Waals surface area contributed by atoms with Gasteiger partial charge in [-0.1, -0.05) is 15.9 Å². The zero-order valence-corrected chi connectivity index (χ0v) is 9.98. The normalized spacial score (nSPS) is 9.88. The number of rotatable bonds is 4. The minimum Gasteiger partial charge on any atom is -0.496 e. The Kier molecular flexibility index (Phi) is 3.83. The van der Waals surface area contributed by atoms with Crippen molar-refractivity contribution >= 4 is 33.1 Å². The molecule has 0 saturated carbocycles. The maximum absolute atomic E-state index is 11.6. The van der Waals surface area contributed by atoms with E-state index >= 15 is 0 Å². The highest BCUT2D eigenvalue weighted by molar-refractivity contribution is 9.09. The number of ketones is 1. The molecule has 0 radical (unpaired) electrons. The Balaban J connectivity index is 3.55. The van der Waals surface area contributed by atoms with Gasteiger partial charge in [-0.2, -0.15) is 0 Å². The van der Waals surface area contributed by atoms with E-state index in [1.807, 2.05) is 0 Å². The molecule has 1 aromatic carbocycles. The third-order valence-corrected chi connectivity index (χ3v) is 2.48. The second kappa shape index (κ2) is 4.93. The molecular formula is C9H9BrN2O4. The van der Waals surface area contributed by atoms with Crippen molar-refractivity contribution in [1.82, 2.24) is 0 Å². The first-order chi connectivity index (χ1) is 7.52. The maximum atomic E-state index is 11.6. The highest BCUT2D eigenvalue weighted by Crippen LogP contribution is 2.34. The van der Waals surface area contributed by atoms with E-state index in [0.29, 0.717) is 0 Å². The fraction of sp³-hybridized carbons (Fsp3) is 0.222. The number of anilines is 1. The predicted octanol–water partition coefficient (Wildman–Crippen LogP) is 1.76. The molecule has 0 bridgehead atoms. The van der Waals surface area contributed by atoms with Gasteiger partial charge in [0.1, 0.15) is 17.0 Å². The van der Waals surface area contributed by atoms with Crippen LogP contribution in [-0.2, 0) is 0 Å². The number of benzene rings is 1. The van der Waals surface area contributed by atoms with Gasteiger partial charge in [-0.05, 0) is 12.1 Å². The van der Waals surface area contributed by atoms with Gasteiger partial charge in [-0.25, -0.2) is 0 Å². The number of hydrogen-bond acceptors (Lipinski definition) is 5. The van der Waals surface area contributed by atoms with Gasteiger partial charge in [-0.3, -0.25) is 14.9 Å². The molecule has 0 fully saturated rings. The smallest absolute Gasteiger partial charge is 0.306 e. The second-order valence-electron chi connectivity index (χ2n) is 2.89. The van der Waals surface area contributed by atoms with Crippen molar-refractivity contribution in [3.05, 3.63) is 27.8 Å². The molecule has 6 nitrogen and oxygen atoms in total. The molecule has 2 N–H and O–H groups in total. The molecule has 0 heterocycles. The molecule has 1 rings (SSSR count). The number of carbonyl (C=O) groups is 1. The van der Waals surface area contributed by atoms with Crippen LogP contribution in [-0.4, -0.2) is 23.1 Å². The summed E-state index contributed by atoms with van der Waals surface area (Å²) in [6, 6.07) is 2.76. The largest absolute Gasteiger partial charge is 0.496 e. The average molecular weight is 289 g/mol. The van der Waals surface area contributed by atoms with Crippen molar-refractivity contribution in [2.24, 2.45) is 0 Å². The molecule has 7 heteroatoms. The minimum absolute atomic E-state index is 0.0341. The van der Waals surface area contributed by atoms with E-state index in [1.54, 1.807) is 0 Å². The quantitative estimate of drug-likeness (QED) is 0.299. The van der Waals surface area contributed by atoms with Crippen molar-refractivity contribution in [3.8, 4) is 5.75 Å². The highest BCUT2D eigenvalue weighted by atomic mass is 79.9. The first-order valence-corrected chi connectivity index (χ1v) is 5.35. The Morgan fingerprint density at radius 3 is 2.69 bits per heavy atom. The van der Waals surface area contributed by atoms with Gasteiger partial charge in [0, 0.05) is 0 Å². The number of nitrogens with zero attached hydrogens (tertiary/aromatic N) is 1. The van der Waals surface area contributed by atoms with Crippen molar-refractivity contribution in [1.29, 1.82) is 0 Å².